The minimum atomic E-state index is 0.767. The Hall–Kier alpha value is -1.51. The molecule has 0 bridgehead atoms. The molecule has 0 spiro atoms. The van der Waals surface area contributed by atoms with Crippen molar-refractivity contribution in [1.29, 1.82) is 0 Å². The first-order valence-corrected chi connectivity index (χ1v) is 7.01. The summed E-state index contributed by atoms with van der Waals surface area (Å²) in [7, 11) is 0. The van der Waals surface area contributed by atoms with E-state index >= 15 is 0 Å². The number of hydrogen-bond donors (Lipinski definition) is 1. The number of aromatic nitrogens is 2. The second-order valence-corrected chi connectivity index (χ2v) is 4.86. The summed E-state index contributed by atoms with van der Waals surface area (Å²) >= 11 is 0. The van der Waals surface area contributed by atoms with Crippen LogP contribution in [0.1, 0.15) is 39.5 Å². The van der Waals surface area contributed by atoms with Gasteiger partial charge < -0.3 is 5.32 Å². The Morgan fingerprint density at radius 2 is 2.22 bits per heavy atom. The zero-order valence-corrected chi connectivity index (χ0v) is 11.4. The molecule has 0 aliphatic rings. The highest BCUT2D eigenvalue weighted by molar-refractivity contribution is 5.49. The van der Waals surface area contributed by atoms with Crippen molar-refractivity contribution in [2.75, 3.05) is 11.9 Å². The zero-order chi connectivity index (χ0) is 12.8. The fourth-order valence-electron chi connectivity index (χ4n) is 2.28. The Morgan fingerprint density at radius 1 is 1.33 bits per heavy atom. The van der Waals surface area contributed by atoms with Crippen LogP contribution in [-0.2, 0) is 0 Å². The van der Waals surface area contributed by atoms with Gasteiger partial charge in [0.1, 0.15) is 11.5 Å². The first-order valence-electron chi connectivity index (χ1n) is 7.01. The molecule has 1 N–H and O–H groups in total. The second-order valence-electron chi connectivity index (χ2n) is 4.86. The standard InChI is InChI=1S/C15H23N3/c1-3-5-7-13(4-2)12-17-15-9-6-8-14-16-10-11-18(14)15/h6,8-11,13,17H,3-5,7,12H2,1-2H3. The lowest BCUT2D eigenvalue weighted by Crippen LogP contribution is -2.15. The summed E-state index contributed by atoms with van der Waals surface area (Å²) in [5.74, 6) is 1.91. The van der Waals surface area contributed by atoms with E-state index in [-0.39, 0.29) is 0 Å². The molecule has 0 amide bonds. The summed E-state index contributed by atoms with van der Waals surface area (Å²) in [6.45, 7) is 5.58. The van der Waals surface area contributed by atoms with Gasteiger partial charge in [-0.2, -0.15) is 0 Å². The molecule has 2 aromatic rings. The molecule has 98 valence electrons. The molecule has 3 nitrogen and oxygen atoms in total. The van der Waals surface area contributed by atoms with Gasteiger partial charge in [0.15, 0.2) is 0 Å². The summed E-state index contributed by atoms with van der Waals surface area (Å²) in [5.41, 5.74) is 1.00. The molecule has 0 aliphatic carbocycles. The largest absolute Gasteiger partial charge is 0.371 e. The van der Waals surface area contributed by atoms with Crippen LogP contribution in [0.25, 0.3) is 5.65 Å². The topological polar surface area (TPSA) is 29.3 Å². The van der Waals surface area contributed by atoms with Crippen LogP contribution in [0.2, 0.25) is 0 Å². The van der Waals surface area contributed by atoms with E-state index in [9.17, 15) is 0 Å². The Morgan fingerprint density at radius 3 is 3.00 bits per heavy atom. The monoisotopic (exact) mass is 245 g/mol. The van der Waals surface area contributed by atoms with Gasteiger partial charge in [-0.05, 0) is 24.5 Å². The van der Waals surface area contributed by atoms with Crippen LogP contribution in [0.4, 0.5) is 5.82 Å². The molecule has 3 heteroatoms. The van der Waals surface area contributed by atoms with Gasteiger partial charge in [-0.3, -0.25) is 4.40 Å². The van der Waals surface area contributed by atoms with Gasteiger partial charge >= 0.3 is 0 Å². The predicted octanol–water partition coefficient (Wildman–Crippen LogP) is 3.96. The van der Waals surface area contributed by atoms with Gasteiger partial charge in [-0.15, -0.1) is 0 Å². The number of nitrogens with one attached hydrogen (secondary N) is 1. The molecule has 1 atom stereocenters. The molecule has 2 heterocycles. The number of hydrogen-bond acceptors (Lipinski definition) is 2. The quantitative estimate of drug-likeness (QED) is 0.800. The highest BCUT2D eigenvalue weighted by Gasteiger charge is 2.06. The Labute approximate surface area is 109 Å². The summed E-state index contributed by atoms with van der Waals surface area (Å²) in [6.07, 6.45) is 9.02. The van der Waals surface area contributed by atoms with Crippen LogP contribution >= 0.6 is 0 Å². The number of fused-ring (bicyclic) bond motifs is 1. The average Bonchev–Trinajstić information content (AvgIpc) is 2.88. The van der Waals surface area contributed by atoms with Crippen LogP contribution in [0.5, 0.6) is 0 Å². The van der Waals surface area contributed by atoms with Crippen molar-refractivity contribution in [2.24, 2.45) is 5.92 Å². The van der Waals surface area contributed by atoms with E-state index in [0.717, 1.165) is 23.9 Å². The van der Waals surface area contributed by atoms with Gasteiger partial charge in [0, 0.05) is 18.9 Å². The third-order valence-electron chi connectivity index (χ3n) is 3.54. The van der Waals surface area contributed by atoms with Crippen molar-refractivity contribution in [2.45, 2.75) is 39.5 Å². The van der Waals surface area contributed by atoms with Gasteiger partial charge in [-0.25, -0.2) is 4.98 Å². The van der Waals surface area contributed by atoms with Crippen molar-refractivity contribution in [3.05, 3.63) is 30.6 Å². The molecule has 2 rings (SSSR count). The summed E-state index contributed by atoms with van der Waals surface area (Å²) < 4.78 is 2.10. The minimum Gasteiger partial charge on any atom is -0.371 e. The Kier molecular flexibility index (Phi) is 4.62. The third kappa shape index (κ3) is 3.03. The van der Waals surface area contributed by atoms with Gasteiger partial charge in [-0.1, -0.05) is 39.2 Å². The highest BCUT2D eigenvalue weighted by Crippen LogP contribution is 2.15. The van der Waals surface area contributed by atoms with E-state index in [1.54, 1.807) is 0 Å². The van der Waals surface area contributed by atoms with Crippen molar-refractivity contribution >= 4 is 11.5 Å². The van der Waals surface area contributed by atoms with Crippen molar-refractivity contribution < 1.29 is 0 Å². The summed E-state index contributed by atoms with van der Waals surface area (Å²) in [6, 6.07) is 6.19. The lowest BCUT2D eigenvalue weighted by molar-refractivity contribution is 0.472. The number of anilines is 1. The maximum Gasteiger partial charge on any atom is 0.138 e. The first kappa shape index (κ1) is 12.9. The fraction of sp³-hybridized carbons (Fsp3) is 0.533. The molecule has 0 saturated carbocycles. The van der Waals surface area contributed by atoms with Crippen LogP contribution in [0, 0.1) is 5.92 Å². The predicted molar refractivity (Wildman–Crippen MR) is 77.0 cm³/mol. The molecule has 18 heavy (non-hydrogen) atoms. The maximum absolute atomic E-state index is 4.30. The number of imidazole rings is 1. The molecule has 0 aliphatic heterocycles. The molecular weight excluding hydrogens is 222 g/mol. The third-order valence-corrected chi connectivity index (χ3v) is 3.54. The zero-order valence-electron chi connectivity index (χ0n) is 11.4. The minimum absolute atomic E-state index is 0.767. The maximum atomic E-state index is 4.30. The fourth-order valence-corrected chi connectivity index (χ4v) is 2.28. The lowest BCUT2D eigenvalue weighted by atomic mass is 9.99. The SMILES string of the molecule is CCCCC(CC)CNc1cccc2nccn12. The number of unbranched alkanes of at least 4 members (excludes halogenated alkanes) is 1. The molecule has 0 aromatic carbocycles. The number of nitrogens with zero attached hydrogens (tertiary/aromatic N) is 2. The van der Waals surface area contributed by atoms with E-state index in [4.69, 9.17) is 0 Å². The average molecular weight is 245 g/mol. The molecule has 0 saturated heterocycles. The van der Waals surface area contributed by atoms with E-state index in [1.807, 2.05) is 18.5 Å². The summed E-state index contributed by atoms with van der Waals surface area (Å²) in [4.78, 5) is 4.30. The molecule has 0 radical (unpaired) electrons. The first-order chi connectivity index (χ1) is 8.85. The molecular formula is C15H23N3. The van der Waals surface area contributed by atoms with Gasteiger partial charge in [0.05, 0.1) is 0 Å². The normalized spacial score (nSPS) is 12.8. The van der Waals surface area contributed by atoms with Gasteiger partial charge in [0.2, 0.25) is 0 Å². The van der Waals surface area contributed by atoms with E-state index in [0.29, 0.717) is 0 Å². The molecule has 2 aromatic heterocycles. The molecule has 0 fully saturated rings. The van der Waals surface area contributed by atoms with Crippen LogP contribution in [0.15, 0.2) is 30.6 Å². The van der Waals surface area contributed by atoms with Crippen molar-refractivity contribution in [3.8, 4) is 0 Å². The Bertz CT molecular complexity index is 475. The highest BCUT2D eigenvalue weighted by atomic mass is 15.1. The summed E-state index contributed by atoms with van der Waals surface area (Å²) in [5, 5.41) is 3.56. The van der Waals surface area contributed by atoms with E-state index in [1.165, 1.54) is 25.7 Å². The lowest BCUT2D eigenvalue weighted by Gasteiger charge is -2.16. The smallest absolute Gasteiger partial charge is 0.138 e. The number of rotatable bonds is 7. The second kappa shape index (κ2) is 6.43. The van der Waals surface area contributed by atoms with Crippen molar-refractivity contribution in [3.63, 3.8) is 0 Å². The van der Waals surface area contributed by atoms with Crippen LogP contribution in [0.3, 0.4) is 0 Å². The van der Waals surface area contributed by atoms with Crippen LogP contribution in [-0.4, -0.2) is 15.9 Å². The molecule has 1 unspecified atom stereocenters. The van der Waals surface area contributed by atoms with E-state index < -0.39 is 0 Å². The Balaban J connectivity index is 1.98. The number of pyridine rings is 1. The van der Waals surface area contributed by atoms with Crippen LogP contribution < -0.4 is 5.32 Å². The van der Waals surface area contributed by atoms with E-state index in [2.05, 4.69) is 40.7 Å². The van der Waals surface area contributed by atoms with Crippen molar-refractivity contribution in [1.82, 2.24) is 9.38 Å². The van der Waals surface area contributed by atoms with Gasteiger partial charge in [0.25, 0.3) is 0 Å².